The van der Waals surface area contributed by atoms with Crippen molar-refractivity contribution in [1.29, 1.82) is 0 Å². The lowest BCUT2D eigenvalue weighted by Crippen LogP contribution is -2.34. The normalized spacial score (nSPS) is 17.4. The molecule has 26 heavy (non-hydrogen) atoms. The molecule has 1 fully saturated rings. The molecular weight excluding hydrogens is 332 g/mol. The van der Waals surface area contributed by atoms with Crippen LogP contribution in [0.3, 0.4) is 0 Å². The van der Waals surface area contributed by atoms with Gasteiger partial charge < -0.3 is 14.7 Å². The molecule has 1 saturated heterocycles. The number of hydrogen-bond acceptors (Lipinski definition) is 5. The molecule has 1 atom stereocenters. The molecule has 4 heterocycles. The lowest BCUT2D eigenvalue weighted by atomic mass is 10.1. The minimum atomic E-state index is -0.154. The van der Waals surface area contributed by atoms with Crippen molar-refractivity contribution in [3.8, 4) is 0 Å². The van der Waals surface area contributed by atoms with Crippen molar-refractivity contribution in [3.05, 3.63) is 36.0 Å². The SMILES string of the molecule is Cc1cc(C2CCCN2C(=O)Nc2cnc3c(cnn3C(C)C)c2)on1. The molecule has 1 aliphatic rings. The van der Waals surface area contributed by atoms with Crippen LogP contribution in [-0.2, 0) is 0 Å². The summed E-state index contributed by atoms with van der Waals surface area (Å²) in [5.41, 5.74) is 2.29. The maximum atomic E-state index is 12.8. The summed E-state index contributed by atoms with van der Waals surface area (Å²) < 4.78 is 7.23. The Kier molecular flexibility index (Phi) is 4.10. The molecule has 0 aliphatic carbocycles. The second kappa shape index (κ2) is 6.44. The smallest absolute Gasteiger partial charge is 0.322 e. The van der Waals surface area contributed by atoms with Gasteiger partial charge in [0.25, 0.3) is 0 Å². The van der Waals surface area contributed by atoms with Gasteiger partial charge in [-0.15, -0.1) is 0 Å². The molecule has 0 spiro atoms. The number of anilines is 1. The van der Waals surface area contributed by atoms with Crippen molar-refractivity contribution in [3.63, 3.8) is 0 Å². The molecule has 0 radical (unpaired) electrons. The predicted octanol–water partition coefficient (Wildman–Crippen LogP) is 3.68. The summed E-state index contributed by atoms with van der Waals surface area (Å²) in [5.74, 6) is 0.738. The lowest BCUT2D eigenvalue weighted by Gasteiger charge is -2.23. The van der Waals surface area contributed by atoms with Crippen LogP contribution in [0.1, 0.15) is 50.2 Å². The molecule has 1 aliphatic heterocycles. The Morgan fingerprint density at radius 1 is 1.35 bits per heavy atom. The van der Waals surface area contributed by atoms with Crippen LogP contribution in [0.5, 0.6) is 0 Å². The summed E-state index contributed by atoms with van der Waals surface area (Å²) in [6.07, 6.45) is 5.26. The van der Waals surface area contributed by atoms with E-state index < -0.39 is 0 Å². The first kappa shape index (κ1) is 16.6. The van der Waals surface area contributed by atoms with Crippen molar-refractivity contribution in [2.24, 2.45) is 0 Å². The van der Waals surface area contributed by atoms with Crippen LogP contribution < -0.4 is 5.32 Å². The number of carbonyl (C=O) groups is 1. The van der Waals surface area contributed by atoms with Gasteiger partial charge in [-0.1, -0.05) is 5.16 Å². The number of carbonyl (C=O) groups excluding carboxylic acids is 1. The molecule has 0 aromatic carbocycles. The third-order valence-corrected chi connectivity index (χ3v) is 4.66. The van der Waals surface area contributed by atoms with E-state index in [0.717, 1.165) is 35.3 Å². The largest absolute Gasteiger partial charge is 0.359 e. The molecule has 0 saturated carbocycles. The zero-order valence-electron chi connectivity index (χ0n) is 15.1. The van der Waals surface area contributed by atoms with Crippen molar-refractivity contribution in [1.82, 2.24) is 24.8 Å². The Balaban J connectivity index is 1.53. The summed E-state index contributed by atoms with van der Waals surface area (Å²) in [4.78, 5) is 19.0. The van der Waals surface area contributed by atoms with Gasteiger partial charge in [-0.05, 0) is 39.7 Å². The summed E-state index contributed by atoms with van der Waals surface area (Å²) in [6, 6.07) is 3.80. The van der Waals surface area contributed by atoms with Crippen LogP contribution in [-0.4, -0.2) is 37.4 Å². The van der Waals surface area contributed by atoms with Crippen molar-refractivity contribution in [2.75, 3.05) is 11.9 Å². The first-order chi connectivity index (χ1) is 12.5. The zero-order chi connectivity index (χ0) is 18.3. The molecule has 2 amide bonds. The molecule has 0 bridgehead atoms. The molecule has 1 N–H and O–H groups in total. The highest BCUT2D eigenvalue weighted by molar-refractivity contribution is 5.91. The first-order valence-corrected chi connectivity index (χ1v) is 8.87. The number of hydrogen-bond donors (Lipinski definition) is 1. The van der Waals surface area contributed by atoms with Crippen LogP contribution in [0.2, 0.25) is 0 Å². The molecule has 3 aromatic heterocycles. The van der Waals surface area contributed by atoms with E-state index in [9.17, 15) is 4.79 Å². The molecule has 136 valence electrons. The van der Waals surface area contributed by atoms with Crippen molar-refractivity contribution in [2.45, 2.75) is 45.7 Å². The van der Waals surface area contributed by atoms with Gasteiger partial charge in [0.05, 0.1) is 29.8 Å². The van der Waals surface area contributed by atoms with Crippen molar-refractivity contribution >= 4 is 22.8 Å². The van der Waals surface area contributed by atoms with E-state index in [1.165, 1.54) is 0 Å². The number of aromatic nitrogens is 4. The molecule has 1 unspecified atom stereocenters. The van der Waals surface area contributed by atoms with Crippen LogP contribution in [0.25, 0.3) is 11.0 Å². The Bertz CT molecular complexity index is 944. The quantitative estimate of drug-likeness (QED) is 0.775. The standard InChI is InChI=1S/C18H22N6O2/c1-11(2)24-17-13(9-20-24)8-14(10-19-17)21-18(25)23-6-4-5-15(23)16-7-12(3)22-26-16/h7-11,15H,4-6H2,1-3H3,(H,21,25). The van der Waals surface area contributed by atoms with E-state index >= 15 is 0 Å². The van der Waals surface area contributed by atoms with Crippen LogP contribution >= 0.6 is 0 Å². The number of rotatable bonds is 3. The summed E-state index contributed by atoms with van der Waals surface area (Å²) >= 11 is 0. The van der Waals surface area contributed by atoms with Gasteiger partial charge in [-0.2, -0.15) is 5.10 Å². The molecular formula is C18H22N6O2. The maximum absolute atomic E-state index is 12.8. The van der Waals surface area contributed by atoms with Crippen molar-refractivity contribution < 1.29 is 9.32 Å². The predicted molar refractivity (Wildman–Crippen MR) is 96.9 cm³/mol. The average Bonchev–Trinajstić information content (AvgIpc) is 3.32. The topological polar surface area (TPSA) is 89.1 Å². The van der Waals surface area contributed by atoms with Crippen LogP contribution in [0, 0.1) is 6.92 Å². The van der Waals surface area contributed by atoms with Crippen LogP contribution in [0.4, 0.5) is 10.5 Å². The zero-order valence-corrected chi connectivity index (χ0v) is 15.1. The minimum Gasteiger partial charge on any atom is -0.359 e. The third kappa shape index (κ3) is 2.91. The Labute approximate surface area is 151 Å². The van der Waals surface area contributed by atoms with E-state index in [1.54, 1.807) is 17.3 Å². The summed E-state index contributed by atoms with van der Waals surface area (Å²) in [5, 5.41) is 12.1. The van der Waals surface area contributed by atoms with E-state index in [-0.39, 0.29) is 18.1 Å². The van der Waals surface area contributed by atoms with Gasteiger partial charge in [0, 0.05) is 24.0 Å². The van der Waals surface area contributed by atoms with E-state index in [1.807, 2.05) is 23.7 Å². The number of amides is 2. The number of likely N-dealkylation sites (tertiary alicyclic amines) is 1. The fourth-order valence-corrected chi connectivity index (χ4v) is 3.43. The van der Waals surface area contributed by atoms with Crippen LogP contribution in [0.15, 0.2) is 29.0 Å². The van der Waals surface area contributed by atoms with Gasteiger partial charge >= 0.3 is 6.03 Å². The monoisotopic (exact) mass is 354 g/mol. The number of nitrogens with zero attached hydrogens (tertiary/aromatic N) is 5. The number of urea groups is 1. The summed E-state index contributed by atoms with van der Waals surface area (Å²) in [6.45, 7) is 6.69. The van der Waals surface area contributed by atoms with E-state index in [2.05, 4.69) is 34.4 Å². The highest BCUT2D eigenvalue weighted by Crippen LogP contribution is 2.32. The number of aryl methyl sites for hydroxylation is 1. The van der Waals surface area contributed by atoms with Gasteiger partial charge in [0.2, 0.25) is 0 Å². The second-order valence-electron chi connectivity index (χ2n) is 6.97. The molecule has 3 aromatic rings. The summed E-state index contributed by atoms with van der Waals surface area (Å²) in [7, 11) is 0. The van der Waals surface area contributed by atoms with Gasteiger partial charge in [0.15, 0.2) is 11.4 Å². The Hall–Kier alpha value is -2.90. The third-order valence-electron chi connectivity index (χ3n) is 4.66. The average molecular weight is 354 g/mol. The Morgan fingerprint density at radius 3 is 2.92 bits per heavy atom. The van der Waals surface area contributed by atoms with E-state index in [0.29, 0.717) is 12.2 Å². The molecule has 8 nitrogen and oxygen atoms in total. The minimum absolute atomic E-state index is 0.0726. The number of nitrogens with one attached hydrogen (secondary N) is 1. The number of pyridine rings is 1. The van der Waals surface area contributed by atoms with Gasteiger partial charge in [0.1, 0.15) is 0 Å². The molecule has 8 heteroatoms. The number of fused-ring (bicyclic) bond motifs is 1. The highest BCUT2D eigenvalue weighted by atomic mass is 16.5. The van der Waals surface area contributed by atoms with Gasteiger partial charge in [-0.3, -0.25) is 0 Å². The van der Waals surface area contributed by atoms with E-state index in [4.69, 9.17) is 4.52 Å². The first-order valence-electron chi connectivity index (χ1n) is 8.87. The highest BCUT2D eigenvalue weighted by Gasteiger charge is 2.32. The fourth-order valence-electron chi connectivity index (χ4n) is 3.43. The maximum Gasteiger partial charge on any atom is 0.322 e. The fraction of sp³-hybridized carbons (Fsp3) is 0.444. The molecule has 4 rings (SSSR count). The second-order valence-corrected chi connectivity index (χ2v) is 6.97. The van der Waals surface area contributed by atoms with Gasteiger partial charge in [-0.25, -0.2) is 14.5 Å². The Morgan fingerprint density at radius 2 is 2.19 bits per heavy atom. The lowest BCUT2D eigenvalue weighted by molar-refractivity contribution is 0.195.